The van der Waals surface area contributed by atoms with Crippen LogP contribution in [-0.4, -0.2) is 62.3 Å². The first-order valence-corrected chi connectivity index (χ1v) is 10.4. The van der Waals surface area contributed by atoms with E-state index in [1.165, 1.54) is 12.3 Å². The number of rotatable bonds is 6. The number of nitrogens with one attached hydrogen (secondary N) is 2. The van der Waals surface area contributed by atoms with Gasteiger partial charge in [0.2, 0.25) is 18.3 Å². The van der Waals surface area contributed by atoms with Gasteiger partial charge in [-0.25, -0.2) is 15.0 Å². The van der Waals surface area contributed by atoms with Gasteiger partial charge in [-0.3, -0.25) is 9.69 Å². The summed E-state index contributed by atoms with van der Waals surface area (Å²) in [6.07, 6.45) is 4.14. The van der Waals surface area contributed by atoms with Crippen molar-refractivity contribution in [1.82, 2.24) is 29.7 Å². The van der Waals surface area contributed by atoms with Crippen molar-refractivity contribution in [1.29, 1.82) is 0 Å². The molecule has 4 aromatic rings. The second-order valence-corrected chi connectivity index (χ2v) is 7.78. The molecule has 9 heteroatoms. The summed E-state index contributed by atoms with van der Waals surface area (Å²) >= 11 is 0. The summed E-state index contributed by atoms with van der Waals surface area (Å²) in [4.78, 5) is 30.9. The lowest BCUT2D eigenvalue weighted by Crippen LogP contribution is -2.45. The molecule has 2 N–H and O–H groups in total. The van der Waals surface area contributed by atoms with E-state index < -0.39 is 5.95 Å². The fourth-order valence-electron chi connectivity index (χ4n) is 3.88. The third-order valence-electron chi connectivity index (χ3n) is 5.57. The lowest BCUT2D eigenvalue weighted by atomic mass is 10.1. The third-order valence-corrected chi connectivity index (χ3v) is 5.57. The number of nitrogens with zero attached hydrogens (tertiary/aromatic N) is 5. The van der Waals surface area contributed by atoms with Crippen molar-refractivity contribution in [3.63, 3.8) is 0 Å². The number of hydrogen-bond donors (Lipinski definition) is 2. The van der Waals surface area contributed by atoms with Crippen molar-refractivity contribution in [2.45, 2.75) is 6.54 Å². The maximum absolute atomic E-state index is 13.5. The van der Waals surface area contributed by atoms with Crippen molar-refractivity contribution in [2.75, 3.05) is 31.5 Å². The number of fused-ring (bicyclic) bond motifs is 1. The molecule has 8 nitrogen and oxygen atoms in total. The van der Waals surface area contributed by atoms with Gasteiger partial charge in [0.05, 0.1) is 11.0 Å². The molecule has 0 radical (unpaired) electrons. The molecule has 4 heterocycles. The van der Waals surface area contributed by atoms with E-state index in [0.717, 1.165) is 66.9 Å². The SMILES string of the molecule is O=CN1CCN(Cc2ccnc(Nc3nc4ccc(-c5ccnc(F)c5)cc4[nH]3)c2)CC1. The minimum atomic E-state index is -0.508. The predicted molar refractivity (Wildman–Crippen MR) is 120 cm³/mol. The summed E-state index contributed by atoms with van der Waals surface area (Å²) in [5, 5.41) is 3.23. The highest BCUT2D eigenvalue weighted by Gasteiger charge is 2.15. The smallest absolute Gasteiger partial charge is 0.213 e. The molecule has 1 aromatic carbocycles. The van der Waals surface area contributed by atoms with E-state index in [0.29, 0.717) is 11.8 Å². The summed E-state index contributed by atoms with van der Waals surface area (Å²) in [6, 6.07) is 12.9. The molecular formula is C23H22FN7O. The number of carbonyl (C=O) groups excluding carboxylic acids is 1. The summed E-state index contributed by atoms with van der Waals surface area (Å²) < 4.78 is 13.5. The van der Waals surface area contributed by atoms with Gasteiger partial charge in [0.1, 0.15) is 5.82 Å². The van der Waals surface area contributed by atoms with Crippen LogP contribution in [0.25, 0.3) is 22.2 Å². The van der Waals surface area contributed by atoms with Crippen molar-refractivity contribution in [3.05, 3.63) is 66.4 Å². The second-order valence-electron chi connectivity index (χ2n) is 7.78. The number of benzene rings is 1. The third kappa shape index (κ3) is 4.42. The van der Waals surface area contributed by atoms with Gasteiger partial charge < -0.3 is 15.2 Å². The zero-order valence-corrected chi connectivity index (χ0v) is 17.3. The second kappa shape index (κ2) is 8.72. The number of amides is 1. The van der Waals surface area contributed by atoms with E-state index in [1.807, 2.05) is 30.3 Å². The molecule has 0 atom stereocenters. The van der Waals surface area contributed by atoms with E-state index >= 15 is 0 Å². The van der Waals surface area contributed by atoms with Crippen LogP contribution in [0.2, 0.25) is 0 Å². The van der Waals surface area contributed by atoms with Crippen LogP contribution < -0.4 is 5.32 Å². The topological polar surface area (TPSA) is 90.0 Å². The Labute approximate surface area is 184 Å². The van der Waals surface area contributed by atoms with Crippen LogP contribution in [0.5, 0.6) is 0 Å². The van der Waals surface area contributed by atoms with Gasteiger partial charge >= 0.3 is 0 Å². The standard InChI is InChI=1S/C23H22FN7O/c24-21-13-18(4-6-25-21)17-1-2-19-20(12-17)28-23(27-19)29-22-11-16(3-5-26-22)14-30-7-9-31(15-32)10-8-30/h1-6,11-13,15H,7-10,14H2,(H2,26,27,28,29). The van der Waals surface area contributed by atoms with Gasteiger partial charge in [0.25, 0.3) is 0 Å². The fraction of sp³-hybridized carbons (Fsp3) is 0.217. The van der Waals surface area contributed by atoms with Crippen LogP contribution in [-0.2, 0) is 11.3 Å². The van der Waals surface area contributed by atoms with Crippen LogP contribution in [0.4, 0.5) is 16.2 Å². The Morgan fingerprint density at radius 3 is 2.62 bits per heavy atom. The van der Waals surface area contributed by atoms with Crippen molar-refractivity contribution < 1.29 is 9.18 Å². The lowest BCUT2D eigenvalue weighted by molar-refractivity contribution is -0.119. The Hall–Kier alpha value is -3.85. The van der Waals surface area contributed by atoms with Crippen LogP contribution in [0.3, 0.4) is 0 Å². The molecule has 3 aromatic heterocycles. The number of carbonyl (C=O) groups is 1. The fourth-order valence-corrected chi connectivity index (χ4v) is 3.88. The zero-order valence-electron chi connectivity index (χ0n) is 17.3. The van der Waals surface area contributed by atoms with Gasteiger partial charge in [-0.05, 0) is 47.0 Å². The van der Waals surface area contributed by atoms with Crippen LogP contribution in [0.15, 0.2) is 54.9 Å². The normalized spacial score (nSPS) is 14.6. The monoisotopic (exact) mass is 431 g/mol. The average Bonchev–Trinajstić information content (AvgIpc) is 3.21. The Morgan fingerprint density at radius 2 is 1.81 bits per heavy atom. The molecule has 0 aliphatic carbocycles. The molecule has 0 bridgehead atoms. The number of pyridine rings is 2. The number of imidazole rings is 1. The summed E-state index contributed by atoms with van der Waals surface area (Å²) in [5.41, 5.74) is 4.41. The molecule has 1 aliphatic rings. The molecule has 32 heavy (non-hydrogen) atoms. The molecule has 1 aliphatic heterocycles. The highest BCUT2D eigenvalue weighted by atomic mass is 19.1. The van der Waals surface area contributed by atoms with Crippen LogP contribution in [0.1, 0.15) is 5.56 Å². The number of anilines is 2. The van der Waals surface area contributed by atoms with Crippen LogP contribution >= 0.6 is 0 Å². The molecule has 1 saturated heterocycles. The molecule has 0 saturated carbocycles. The number of halogens is 1. The minimum Gasteiger partial charge on any atom is -0.343 e. The van der Waals surface area contributed by atoms with Crippen molar-refractivity contribution in [3.8, 4) is 11.1 Å². The molecular weight excluding hydrogens is 409 g/mol. The van der Waals surface area contributed by atoms with E-state index in [1.54, 1.807) is 17.2 Å². The molecule has 0 spiro atoms. The quantitative estimate of drug-likeness (QED) is 0.360. The first kappa shape index (κ1) is 20.1. The van der Waals surface area contributed by atoms with Gasteiger partial charge in [0, 0.05) is 51.2 Å². The minimum absolute atomic E-state index is 0.508. The Morgan fingerprint density at radius 1 is 1.00 bits per heavy atom. The van der Waals surface area contributed by atoms with Crippen LogP contribution in [0, 0.1) is 5.95 Å². The zero-order chi connectivity index (χ0) is 21.9. The van der Waals surface area contributed by atoms with E-state index in [9.17, 15) is 9.18 Å². The maximum atomic E-state index is 13.5. The average molecular weight is 431 g/mol. The maximum Gasteiger partial charge on any atom is 0.213 e. The highest BCUT2D eigenvalue weighted by Crippen LogP contribution is 2.25. The largest absolute Gasteiger partial charge is 0.343 e. The van der Waals surface area contributed by atoms with E-state index in [-0.39, 0.29) is 0 Å². The van der Waals surface area contributed by atoms with Gasteiger partial charge in [-0.1, -0.05) is 6.07 Å². The summed E-state index contributed by atoms with van der Waals surface area (Å²) in [5.74, 6) is 0.776. The Balaban J connectivity index is 1.30. The van der Waals surface area contributed by atoms with E-state index in [4.69, 9.17) is 0 Å². The number of hydrogen-bond acceptors (Lipinski definition) is 6. The molecule has 162 valence electrons. The highest BCUT2D eigenvalue weighted by molar-refractivity contribution is 5.83. The predicted octanol–water partition coefficient (Wildman–Crippen LogP) is 3.18. The van der Waals surface area contributed by atoms with E-state index in [2.05, 4.69) is 30.2 Å². The lowest BCUT2D eigenvalue weighted by Gasteiger charge is -2.32. The number of piperazine rings is 1. The number of aromatic amines is 1. The molecule has 0 unspecified atom stereocenters. The molecule has 5 rings (SSSR count). The van der Waals surface area contributed by atoms with Gasteiger partial charge in [0.15, 0.2) is 0 Å². The summed E-state index contributed by atoms with van der Waals surface area (Å²) in [6.45, 7) is 4.03. The Bertz CT molecular complexity index is 1250. The van der Waals surface area contributed by atoms with Gasteiger partial charge in [-0.15, -0.1) is 0 Å². The van der Waals surface area contributed by atoms with Gasteiger partial charge in [-0.2, -0.15) is 4.39 Å². The van der Waals surface area contributed by atoms with Crippen molar-refractivity contribution >= 4 is 29.2 Å². The first-order chi connectivity index (χ1) is 15.7. The van der Waals surface area contributed by atoms with Crippen molar-refractivity contribution in [2.24, 2.45) is 0 Å². The first-order valence-electron chi connectivity index (χ1n) is 10.4. The molecule has 1 amide bonds. The number of aromatic nitrogens is 4. The summed E-state index contributed by atoms with van der Waals surface area (Å²) in [7, 11) is 0. The Kier molecular flexibility index (Phi) is 5.47. The molecule has 1 fully saturated rings. The number of H-pyrrole nitrogens is 1.